The quantitative estimate of drug-likeness (QED) is 0.0420. The van der Waals surface area contributed by atoms with Gasteiger partial charge < -0.3 is 56.8 Å². The van der Waals surface area contributed by atoms with Crippen molar-refractivity contribution in [2.75, 3.05) is 134 Å². The lowest BCUT2D eigenvalue weighted by Gasteiger charge is -2.35. The summed E-state index contributed by atoms with van der Waals surface area (Å²) in [5.74, 6) is 2.33. The number of rotatable bonds is 30. The predicted molar refractivity (Wildman–Crippen MR) is 232 cm³/mol. The van der Waals surface area contributed by atoms with Crippen LogP contribution in [0.15, 0.2) is 81.7 Å². The van der Waals surface area contributed by atoms with Crippen LogP contribution in [0.1, 0.15) is 22.3 Å². The van der Waals surface area contributed by atoms with Gasteiger partial charge in [-0.05, 0) is 81.9 Å². The molecule has 4 aromatic carbocycles. The van der Waals surface area contributed by atoms with E-state index in [9.17, 15) is 0 Å². The zero-order chi connectivity index (χ0) is 41.7. The molecule has 322 valence electrons. The fourth-order valence-electron chi connectivity index (χ4n) is 6.82. The van der Waals surface area contributed by atoms with E-state index in [0.29, 0.717) is 129 Å². The van der Waals surface area contributed by atoms with Crippen LogP contribution in [0.5, 0.6) is 23.0 Å². The number of ether oxygens (including phenoxy) is 12. The Kier molecular flexibility index (Phi) is 20.2. The number of benzene rings is 4. The molecule has 12 nitrogen and oxygen atoms in total. The molecule has 0 spiro atoms. The van der Waals surface area contributed by atoms with Gasteiger partial charge in [0.15, 0.2) is 23.0 Å². The third kappa shape index (κ3) is 12.9. The van der Waals surface area contributed by atoms with Crippen LogP contribution in [0.4, 0.5) is 0 Å². The van der Waals surface area contributed by atoms with Gasteiger partial charge in [-0.3, -0.25) is 0 Å². The van der Waals surface area contributed by atoms with Crippen molar-refractivity contribution >= 4 is 31.9 Å². The van der Waals surface area contributed by atoms with E-state index in [4.69, 9.17) is 56.8 Å². The molecular weight excluding hydrogens is 892 g/mol. The van der Waals surface area contributed by atoms with Gasteiger partial charge in [0.05, 0.1) is 84.7 Å². The normalized spacial score (nSPS) is 12.6. The second-order valence-electron chi connectivity index (χ2n) is 13.3. The first kappa shape index (κ1) is 46.8. The molecule has 0 unspecified atom stereocenters. The summed E-state index contributed by atoms with van der Waals surface area (Å²) in [5.41, 5.74) is 5.47. The van der Waals surface area contributed by atoms with E-state index in [1.807, 2.05) is 12.1 Å². The van der Waals surface area contributed by atoms with Gasteiger partial charge in [0.25, 0.3) is 0 Å². The maximum absolute atomic E-state index is 6.48. The highest BCUT2D eigenvalue weighted by Gasteiger charge is 2.47. The Bertz CT molecular complexity index is 1730. The van der Waals surface area contributed by atoms with E-state index in [1.54, 1.807) is 28.4 Å². The second kappa shape index (κ2) is 25.5. The molecule has 1 aliphatic carbocycles. The van der Waals surface area contributed by atoms with Gasteiger partial charge >= 0.3 is 0 Å². The average molecular weight is 949 g/mol. The van der Waals surface area contributed by atoms with E-state index < -0.39 is 5.41 Å². The molecule has 4 aromatic rings. The van der Waals surface area contributed by atoms with Gasteiger partial charge in [-0.2, -0.15) is 0 Å². The summed E-state index contributed by atoms with van der Waals surface area (Å²) in [4.78, 5) is 0. The van der Waals surface area contributed by atoms with Crippen LogP contribution in [0, 0.1) is 0 Å². The molecule has 0 amide bonds. The van der Waals surface area contributed by atoms with Crippen LogP contribution < -0.4 is 18.9 Å². The van der Waals surface area contributed by atoms with Gasteiger partial charge in [0.2, 0.25) is 0 Å². The van der Waals surface area contributed by atoms with E-state index in [0.717, 1.165) is 42.3 Å². The molecule has 0 saturated heterocycles. The third-order valence-corrected chi connectivity index (χ3v) is 10.5. The molecule has 0 aromatic heterocycles. The van der Waals surface area contributed by atoms with Crippen molar-refractivity contribution < 1.29 is 56.8 Å². The number of methoxy groups -OCH3 is 4. The molecule has 0 bridgehead atoms. The minimum absolute atomic E-state index is 0.302. The van der Waals surface area contributed by atoms with Crippen molar-refractivity contribution in [3.63, 3.8) is 0 Å². The molecule has 0 aliphatic heterocycles. The standard InChI is InChI=1S/C45H56Br2O12/c1-48-13-17-52-21-25-56-41-11-5-33(29-43(41)58-27-23-54-19-15-50-3)45(39-31-35(46)7-9-37(39)38-10-8-36(47)32-40(38)45)34-6-12-42(57-26-22-53-18-14-49-2)44(30-34)59-28-24-55-20-16-51-4/h5-12,29-32H,13-28H2,1-4H3. The number of fused-ring (bicyclic) bond motifs is 3. The largest absolute Gasteiger partial charge is 0.487 e. The maximum Gasteiger partial charge on any atom is 0.161 e. The molecule has 14 heteroatoms. The summed E-state index contributed by atoms with van der Waals surface area (Å²) >= 11 is 7.62. The van der Waals surface area contributed by atoms with Gasteiger partial charge in [0, 0.05) is 37.4 Å². The molecule has 1 aliphatic rings. The first-order chi connectivity index (χ1) is 29.0. The summed E-state index contributed by atoms with van der Waals surface area (Å²) in [7, 11) is 6.59. The van der Waals surface area contributed by atoms with Gasteiger partial charge in [-0.1, -0.05) is 56.1 Å². The highest BCUT2D eigenvalue weighted by atomic mass is 79.9. The zero-order valence-corrected chi connectivity index (χ0v) is 37.6. The fourth-order valence-corrected chi connectivity index (χ4v) is 7.55. The highest BCUT2D eigenvalue weighted by molar-refractivity contribution is 9.10. The van der Waals surface area contributed by atoms with E-state index in [1.165, 1.54) is 0 Å². The van der Waals surface area contributed by atoms with Crippen molar-refractivity contribution in [3.8, 4) is 34.1 Å². The van der Waals surface area contributed by atoms with E-state index in [2.05, 4.69) is 92.5 Å². The molecule has 0 N–H and O–H groups in total. The Hall–Kier alpha value is -3.28. The first-order valence-corrected chi connectivity index (χ1v) is 21.2. The molecule has 0 atom stereocenters. The monoisotopic (exact) mass is 946 g/mol. The van der Waals surface area contributed by atoms with Crippen LogP contribution in [0.2, 0.25) is 0 Å². The molecule has 5 rings (SSSR count). The highest BCUT2D eigenvalue weighted by Crippen LogP contribution is 2.58. The second-order valence-corrected chi connectivity index (χ2v) is 15.1. The Morgan fingerprint density at radius 1 is 0.356 bits per heavy atom. The van der Waals surface area contributed by atoms with Crippen LogP contribution in [-0.4, -0.2) is 134 Å². The zero-order valence-electron chi connectivity index (χ0n) is 34.4. The summed E-state index contributed by atoms with van der Waals surface area (Å²) in [5, 5.41) is 0. The molecule has 0 saturated carbocycles. The Morgan fingerprint density at radius 2 is 0.678 bits per heavy atom. The topological polar surface area (TPSA) is 111 Å². The summed E-state index contributed by atoms with van der Waals surface area (Å²) in [6.07, 6.45) is 0. The lowest BCUT2D eigenvalue weighted by molar-refractivity contribution is 0.0498. The van der Waals surface area contributed by atoms with Gasteiger partial charge in [-0.15, -0.1) is 0 Å². The Balaban J connectivity index is 1.62. The smallest absolute Gasteiger partial charge is 0.161 e. The van der Waals surface area contributed by atoms with Crippen LogP contribution in [0.3, 0.4) is 0 Å². The SMILES string of the molecule is COCCOCCOc1ccc(C2(c3ccc(OCCOCCOC)c(OCCOCCOC)c3)c3cc(Br)ccc3-c3ccc(Br)cc32)cc1OCCOCCOC. The molecule has 59 heavy (non-hydrogen) atoms. The van der Waals surface area contributed by atoms with Crippen molar-refractivity contribution in [2.45, 2.75) is 5.41 Å². The summed E-state index contributed by atoms with van der Waals surface area (Å²) in [6.45, 7) is 6.70. The van der Waals surface area contributed by atoms with Gasteiger partial charge in [0.1, 0.15) is 26.4 Å². The van der Waals surface area contributed by atoms with Crippen molar-refractivity contribution in [1.29, 1.82) is 0 Å². The van der Waals surface area contributed by atoms with Crippen molar-refractivity contribution in [1.82, 2.24) is 0 Å². The first-order valence-electron chi connectivity index (χ1n) is 19.6. The Morgan fingerprint density at radius 3 is 1.02 bits per heavy atom. The molecule has 0 radical (unpaired) electrons. The Labute approximate surface area is 364 Å². The van der Waals surface area contributed by atoms with E-state index >= 15 is 0 Å². The van der Waals surface area contributed by atoms with Gasteiger partial charge in [-0.25, -0.2) is 0 Å². The van der Waals surface area contributed by atoms with E-state index in [-0.39, 0.29) is 0 Å². The number of hydrogen-bond donors (Lipinski definition) is 0. The number of halogens is 2. The van der Waals surface area contributed by atoms with Crippen molar-refractivity contribution in [3.05, 3.63) is 104 Å². The molecule has 0 fully saturated rings. The average Bonchev–Trinajstić information content (AvgIpc) is 3.52. The number of hydrogen-bond acceptors (Lipinski definition) is 12. The van der Waals surface area contributed by atoms with Crippen LogP contribution in [0.25, 0.3) is 11.1 Å². The predicted octanol–water partition coefficient (Wildman–Crippen LogP) is 7.74. The molecule has 0 heterocycles. The summed E-state index contributed by atoms with van der Waals surface area (Å²) in [6, 6.07) is 25.2. The maximum atomic E-state index is 6.48. The van der Waals surface area contributed by atoms with Crippen molar-refractivity contribution in [2.24, 2.45) is 0 Å². The lowest BCUT2D eigenvalue weighted by atomic mass is 9.67. The summed E-state index contributed by atoms with van der Waals surface area (Å²) < 4.78 is 70.9. The molecular formula is C45H56Br2O12. The minimum Gasteiger partial charge on any atom is -0.487 e. The third-order valence-electron chi connectivity index (χ3n) is 9.48. The van der Waals surface area contributed by atoms with Crippen LogP contribution >= 0.6 is 31.9 Å². The van der Waals surface area contributed by atoms with Crippen LogP contribution in [-0.2, 0) is 43.3 Å². The minimum atomic E-state index is -0.845. The lowest BCUT2D eigenvalue weighted by Crippen LogP contribution is -2.29. The fraction of sp³-hybridized carbons (Fsp3) is 0.467.